The van der Waals surface area contributed by atoms with E-state index in [0.29, 0.717) is 31.5 Å². The van der Waals surface area contributed by atoms with Crippen LogP contribution in [0.25, 0.3) is 0 Å². The molecule has 1 aromatic rings. The van der Waals surface area contributed by atoms with Crippen LogP contribution in [0.5, 0.6) is 0 Å². The zero-order chi connectivity index (χ0) is 15.7. The van der Waals surface area contributed by atoms with Crippen LogP contribution < -0.4 is 5.73 Å². The molecule has 1 saturated heterocycles. The van der Waals surface area contributed by atoms with Gasteiger partial charge in [-0.05, 0) is 45.2 Å². The summed E-state index contributed by atoms with van der Waals surface area (Å²) in [4.78, 5) is 13.6. The third-order valence-electron chi connectivity index (χ3n) is 3.54. The molecule has 0 aliphatic carbocycles. The van der Waals surface area contributed by atoms with Gasteiger partial charge in [0.1, 0.15) is 11.4 Å². The molecular weight excluding hydrogens is 271 g/mol. The molecule has 0 bridgehead atoms. The molecule has 2 rings (SSSR count). The third kappa shape index (κ3) is 4.17. The molecule has 1 amide bonds. The van der Waals surface area contributed by atoms with Crippen LogP contribution in [0.4, 0.5) is 9.18 Å². The van der Waals surface area contributed by atoms with Crippen LogP contribution in [0.3, 0.4) is 0 Å². The number of carbonyl (C=O) groups is 1. The fourth-order valence-electron chi connectivity index (χ4n) is 2.54. The molecule has 1 fully saturated rings. The Balaban J connectivity index is 2.00. The van der Waals surface area contributed by atoms with E-state index in [1.165, 1.54) is 6.07 Å². The average Bonchev–Trinajstić information content (AvgIpc) is 2.73. The van der Waals surface area contributed by atoms with E-state index in [1.54, 1.807) is 23.1 Å². The highest BCUT2D eigenvalue weighted by Crippen LogP contribution is 2.25. The molecule has 1 aromatic carbocycles. The lowest BCUT2D eigenvalue weighted by molar-refractivity contribution is 0.0284. The van der Waals surface area contributed by atoms with Gasteiger partial charge in [0.2, 0.25) is 0 Å². The topological polar surface area (TPSA) is 55.6 Å². The SMILES string of the molecule is CC(C)(C)OC(=O)N1CCC(N)(Cc2ccccc2F)C1. The first-order chi connectivity index (χ1) is 9.69. The van der Waals surface area contributed by atoms with Crippen molar-refractivity contribution in [2.45, 2.75) is 44.8 Å². The van der Waals surface area contributed by atoms with Gasteiger partial charge in [-0.15, -0.1) is 0 Å². The maximum atomic E-state index is 13.7. The maximum absolute atomic E-state index is 13.7. The number of hydrogen-bond acceptors (Lipinski definition) is 3. The molecule has 1 aliphatic rings. The maximum Gasteiger partial charge on any atom is 0.410 e. The van der Waals surface area contributed by atoms with Gasteiger partial charge in [0, 0.05) is 18.6 Å². The molecule has 1 aliphatic heterocycles. The standard InChI is InChI=1S/C16H23FN2O2/c1-15(2,3)21-14(20)19-9-8-16(18,11-19)10-12-6-4-5-7-13(12)17/h4-7H,8-11,18H2,1-3H3. The molecule has 1 unspecified atom stereocenters. The number of ether oxygens (including phenoxy) is 1. The normalized spacial score (nSPS) is 22.4. The fourth-order valence-corrected chi connectivity index (χ4v) is 2.54. The van der Waals surface area contributed by atoms with Gasteiger partial charge in [0.15, 0.2) is 0 Å². The van der Waals surface area contributed by atoms with Crippen molar-refractivity contribution in [3.8, 4) is 0 Å². The minimum atomic E-state index is -0.598. The molecule has 0 spiro atoms. The van der Waals surface area contributed by atoms with Crippen molar-refractivity contribution in [3.05, 3.63) is 35.6 Å². The van der Waals surface area contributed by atoms with Crippen LogP contribution in [-0.4, -0.2) is 35.2 Å². The third-order valence-corrected chi connectivity index (χ3v) is 3.54. The van der Waals surface area contributed by atoms with E-state index in [-0.39, 0.29) is 11.9 Å². The lowest BCUT2D eigenvalue weighted by Gasteiger charge is -2.27. The minimum absolute atomic E-state index is 0.252. The Bertz CT molecular complexity index is 527. The van der Waals surface area contributed by atoms with Crippen LogP contribution in [0, 0.1) is 5.82 Å². The second kappa shape index (κ2) is 5.64. The molecule has 0 aromatic heterocycles. The fraction of sp³-hybridized carbons (Fsp3) is 0.562. The summed E-state index contributed by atoms with van der Waals surface area (Å²) in [5.41, 5.74) is 5.80. The number of nitrogens with two attached hydrogens (primary N) is 1. The van der Waals surface area contributed by atoms with E-state index in [0.717, 1.165) is 0 Å². The number of likely N-dealkylation sites (tertiary alicyclic amines) is 1. The zero-order valence-electron chi connectivity index (χ0n) is 12.9. The van der Waals surface area contributed by atoms with Crippen LogP contribution in [0.15, 0.2) is 24.3 Å². The van der Waals surface area contributed by atoms with Crippen LogP contribution in [0.1, 0.15) is 32.8 Å². The van der Waals surface area contributed by atoms with E-state index in [4.69, 9.17) is 10.5 Å². The lowest BCUT2D eigenvalue weighted by Crippen LogP contribution is -2.46. The van der Waals surface area contributed by atoms with Crippen molar-refractivity contribution in [2.24, 2.45) is 5.73 Å². The summed E-state index contributed by atoms with van der Waals surface area (Å²) in [6.45, 7) is 6.41. The van der Waals surface area contributed by atoms with Gasteiger partial charge in [-0.25, -0.2) is 9.18 Å². The van der Waals surface area contributed by atoms with Crippen molar-refractivity contribution in [3.63, 3.8) is 0 Å². The van der Waals surface area contributed by atoms with Gasteiger partial charge in [0.25, 0.3) is 0 Å². The highest BCUT2D eigenvalue weighted by atomic mass is 19.1. The molecule has 116 valence electrons. The molecule has 0 radical (unpaired) electrons. The second-order valence-corrected chi connectivity index (χ2v) is 6.78. The van der Waals surface area contributed by atoms with E-state index in [2.05, 4.69) is 0 Å². The summed E-state index contributed by atoms with van der Waals surface area (Å²) in [6.07, 6.45) is 0.697. The number of rotatable bonds is 2. The average molecular weight is 294 g/mol. The summed E-state index contributed by atoms with van der Waals surface area (Å²) in [5.74, 6) is -0.252. The van der Waals surface area contributed by atoms with E-state index in [1.807, 2.05) is 20.8 Å². The molecule has 4 nitrogen and oxygen atoms in total. The Labute approximate surface area is 125 Å². The molecule has 2 N–H and O–H groups in total. The summed E-state index contributed by atoms with van der Waals surface area (Å²) in [6, 6.07) is 6.62. The lowest BCUT2D eigenvalue weighted by atomic mass is 9.91. The molecule has 21 heavy (non-hydrogen) atoms. The van der Waals surface area contributed by atoms with Crippen molar-refractivity contribution in [1.82, 2.24) is 4.90 Å². The van der Waals surface area contributed by atoms with Crippen molar-refractivity contribution in [1.29, 1.82) is 0 Å². The van der Waals surface area contributed by atoms with Crippen LogP contribution in [0.2, 0.25) is 0 Å². The first kappa shape index (κ1) is 15.8. The number of nitrogens with zero attached hydrogens (tertiary/aromatic N) is 1. The Hall–Kier alpha value is -1.62. The summed E-state index contributed by atoms with van der Waals surface area (Å²) in [5, 5.41) is 0. The first-order valence-electron chi connectivity index (χ1n) is 7.19. The Kier molecular flexibility index (Phi) is 4.23. The summed E-state index contributed by atoms with van der Waals surface area (Å²) in [7, 11) is 0. The summed E-state index contributed by atoms with van der Waals surface area (Å²) < 4.78 is 19.1. The number of carbonyl (C=O) groups excluding carboxylic acids is 1. The predicted octanol–water partition coefficient (Wildman–Crippen LogP) is 2.71. The van der Waals surface area contributed by atoms with Gasteiger partial charge < -0.3 is 15.4 Å². The number of benzene rings is 1. The van der Waals surface area contributed by atoms with Crippen LogP contribution in [-0.2, 0) is 11.2 Å². The van der Waals surface area contributed by atoms with E-state index in [9.17, 15) is 9.18 Å². The smallest absolute Gasteiger partial charge is 0.410 e. The van der Waals surface area contributed by atoms with Gasteiger partial charge >= 0.3 is 6.09 Å². The first-order valence-corrected chi connectivity index (χ1v) is 7.19. The molecule has 1 heterocycles. The van der Waals surface area contributed by atoms with Crippen molar-refractivity contribution >= 4 is 6.09 Å². The second-order valence-electron chi connectivity index (χ2n) is 6.78. The highest BCUT2D eigenvalue weighted by molar-refractivity contribution is 5.68. The molecular formula is C16H23FN2O2. The predicted molar refractivity (Wildman–Crippen MR) is 79.4 cm³/mol. The van der Waals surface area contributed by atoms with Gasteiger partial charge in [-0.1, -0.05) is 18.2 Å². The minimum Gasteiger partial charge on any atom is -0.444 e. The van der Waals surface area contributed by atoms with Crippen LogP contribution >= 0.6 is 0 Å². The Morgan fingerprint density at radius 3 is 2.71 bits per heavy atom. The Morgan fingerprint density at radius 1 is 1.43 bits per heavy atom. The quantitative estimate of drug-likeness (QED) is 0.912. The van der Waals surface area contributed by atoms with E-state index < -0.39 is 11.1 Å². The van der Waals surface area contributed by atoms with Gasteiger partial charge in [-0.3, -0.25) is 0 Å². The van der Waals surface area contributed by atoms with Gasteiger partial charge in [0.05, 0.1) is 0 Å². The molecule has 5 heteroatoms. The Morgan fingerprint density at radius 2 is 2.10 bits per heavy atom. The molecule has 1 atom stereocenters. The number of amides is 1. The van der Waals surface area contributed by atoms with Gasteiger partial charge in [-0.2, -0.15) is 0 Å². The largest absolute Gasteiger partial charge is 0.444 e. The number of hydrogen-bond donors (Lipinski definition) is 1. The monoisotopic (exact) mass is 294 g/mol. The van der Waals surface area contributed by atoms with Crippen molar-refractivity contribution in [2.75, 3.05) is 13.1 Å². The van der Waals surface area contributed by atoms with E-state index >= 15 is 0 Å². The highest BCUT2D eigenvalue weighted by Gasteiger charge is 2.38. The zero-order valence-corrected chi connectivity index (χ0v) is 12.9. The van der Waals surface area contributed by atoms with Crippen molar-refractivity contribution < 1.29 is 13.9 Å². The number of halogens is 1. The summed E-state index contributed by atoms with van der Waals surface area (Å²) >= 11 is 0. The molecule has 0 saturated carbocycles.